The van der Waals surface area contributed by atoms with Gasteiger partial charge in [0.25, 0.3) is 5.92 Å². The second-order valence-electron chi connectivity index (χ2n) is 5.33. The fourth-order valence-electron chi connectivity index (χ4n) is 3.11. The number of fused-ring (bicyclic) bond motifs is 1. The smallest absolute Gasteiger partial charge is 0.299 e. The Labute approximate surface area is 109 Å². The van der Waals surface area contributed by atoms with Crippen molar-refractivity contribution in [1.82, 2.24) is 4.90 Å². The van der Waals surface area contributed by atoms with Gasteiger partial charge in [-0.3, -0.25) is 4.79 Å². The zero-order chi connectivity index (χ0) is 13.7. The molecule has 3 rings (SSSR count). The number of halogens is 2. The van der Waals surface area contributed by atoms with Gasteiger partial charge in [0, 0.05) is 25.3 Å². The summed E-state index contributed by atoms with van der Waals surface area (Å²) in [5.41, 5.74) is -1.48. The third kappa shape index (κ3) is 1.68. The lowest BCUT2D eigenvalue weighted by Gasteiger charge is -2.31. The molecule has 0 saturated carbocycles. The van der Waals surface area contributed by atoms with Crippen molar-refractivity contribution in [1.29, 1.82) is 0 Å². The largest absolute Gasteiger partial charge is 0.366 e. The van der Waals surface area contributed by atoms with Crippen molar-refractivity contribution < 1.29 is 18.7 Å². The number of rotatable bonds is 2. The van der Waals surface area contributed by atoms with Crippen LogP contribution in [0.2, 0.25) is 0 Å². The number of hydrogen-bond acceptors (Lipinski definition) is 2. The second kappa shape index (κ2) is 4.00. The minimum atomic E-state index is -3.25. The Bertz CT molecular complexity index is 505. The summed E-state index contributed by atoms with van der Waals surface area (Å²) in [4.78, 5) is 12.5. The summed E-state index contributed by atoms with van der Waals surface area (Å²) in [6.45, 7) is -0.0722. The molecule has 0 spiro atoms. The number of nitrogens with zero attached hydrogens (tertiary/aromatic N) is 1. The molecular weight excluding hydrogens is 252 g/mol. The van der Waals surface area contributed by atoms with Gasteiger partial charge in [-0.15, -0.1) is 0 Å². The maximum Gasteiger partial charge on any atom is 0.299 e. The van der Waals surface area contributed by atoms with Crippen molar-refractivity contribution in [2.24, 2.45) is 5.92 Å². The van der Waals surface area contributed by atoms with Crippen LogP contribution in [0.1, 0.15) is 18.4 Å². The Hall–Kier alpha value is -1.49. The SMILES string of the molecule is O=C1CC[C@@]2(O)N1C[C@@H](Cc1ccccc1)C2(F)F. The highest BCUT2D eigenvalue weighted by molar-refractivity contribution is 5.80. The average molecular weight is 267 g/mol. The van der Waals surface area contributed by atoms with Crippen molar-refractivity contribution >= 4 is 5.91 Å². The van der Waals surface area contributed by atoms with E-state index < -0.39 is 17.6 Å². The first-order valence-corrected chi connectivity index (χ1v) is 6.40. The van der Waals surface area contributed by atoms with E-state index in [1.807, 2.05) is 6.07 Å². The molecule has 1 aromatic carbocycles. The van der Waals surface area contributed by atoms with E-state index >= 15 is 0 Å². The molecule has 0 radical (unpaired) electrons. The Balaban J connectivity index is 1.87. The first kappa shape index (κ1) is 12.5. The number of hydrogen-bond donors (Lipinski definition) is 1. The molecule has 2 fully saturated rings. The molecule has 2 aliphatic heterocycles. The van der Waals surface area contributed by atoms with Gasteiger partial charge in [0.2, 0.25) is 11.6 Å². The van der Waals surface area contributed by atoms with Gasteiger partial charge in [-0.05, 0) is 12.0 Å². The van der Waals surface area contributed by atoms with Gasteiger partial charge in [0.05, 0.1) is 0 Å². The van der Waals surface area contributed by atoms with Crippen molar-refractivity contribution in [3.8, 4) is 0 Å². The van der Waals surface area contributed by atoms with Crippen LogP contribution in [-0.2, 0) is 11.2 Å². The van der Waals surface area contributed by atoms with Crippen LogP contribution in [0.25, 0.3) is 0 Å². The van der Waals surface area contributed by atoms with Crippen LogP contribution in [0.15, 0.2) is 30.3 Å². The van der Waals surface area contributed by atoms with E-state index in [-0.39, 0.29) is 31.7 Å². The maximum absolute atomic E-state index is 14.4. The number of aliphatic hydroxyl groups is 1. The summed E-state index contributed by atoms with van der Waals surface area (Å²) in [6.07, 6.45) is -0.00575. The van der Waals surface area contributed by atoms with E-state index in [2.05, 4.69) is 0 Å². The Morgan fingerprint density at radius 2 is 2.00 bits per heavy atom. The summed E-state index contributed by atoms with van der Waals surface area (Å²) in [5.74, 6) is -4.66. The summed E-state index contributed by atoms with van der Waals surface area (Å²) in [7, 11) is 0. The third-order valence-corrected chi connectivity index (χ3v) is 4.21. The van der Waals surface area contributed by atoms with Crippen molar-refractivity contribution in [2.75, 3.05) is 6.54 Å². The maximum atomic E-state index is 14.4. The first-order valence-electron chi connectivity index (χ1n) is 6.40. The van der Waals surface area contributed by atoms with Gasteiger partial charge in [-0.25, -0.2) is 8.78 Å². The van der Waals surface area contributed by atoms with Crippen molar-refractivity contribution in [2.45, 2.75) is 30.9 Å². The van der Waals surface area contributed by atoms with Gasteiger partial charge >= 0.3 is 0 Å². The molecule has 0 aromatic heterocycles. The molecule has 1 aromatic rings. The summed E-state index contributed by atoms with van der Waals surface area (Å²) in [6, 6.07) is 8.98. The van der Waals surface area contributed by atoms with Crippen LogP contribution < -0.4 is 0 Å². The Morgan fingerprint density at radius 1 is 1.32 bits per heavy atom. The molecule has 5 heteroatoms. The monoisotopic (exact) mass is 267 g/mol. The summed E-state index contributed by atoms with van der Waals surface area (Å²) >= 11 is 0. The highest BCUT2D eigenvalue weighted by Gasteiger charge is 2.69. The molecule has 3 nitrogen and oxygen atoms in total. The van der Waals surface area contributed by atoms with Gasteiger partial charge in [0.1, 0.15) is 0 Å². The van der Waals surface area contributed by atoms with Crippen LogP contribution in [0.5, 0.6) is 0 Å². The molecular formula is C14H15F2NO2. The fraction of sp³-hybridized carbons (Fsp3) is 0.500. The molecule has 2 saturated heterocycles. The molecule has 2 atom stereocenters. The number of carbonyl (C=O) groups is 1. The Kier molecular flexibility index (Phi) is 2.64. The van der Waals surface area contributed by atoms with E-state index in [0.29, 0.717) is 0 Å². The topological polar surface area (TPSA) is 40.5 Å². The van der Waals surface area contributed by atoms with E-state index in [9.17, 15) is 18.7 Å². The lowest BCUT2D eigenvalue weighted by atomic mass is 9.90. The first-order chi connectivity index (χ1) is 8.95. The zero-order valence-electron chi connectivity index (χ0n) is 10.4. The number of amides is 1. The average Bonchev–Trinajstić information content (AvgIpc) is 2.77. The lowest BCUT2D eigenvalue weighted by molar-refractivity contribution is -0.215. The van der Waals surface area contributed by atoms with Crippen LogP contribution >= 0.6 is 0 Å². The lowest BCUT2D eigenvalue weighted by Crippen LogP contribution is -2.52. The van der Waals surface area contributed by atoms with Crippen LogP contribution in [0.3, 0.4) is 0 Å². The van der Waals surface area contributed by atoms with Crippen molar-refractivity contribution in [3.63, 3.8) is 0 Å². The molecule has 2 heterocycles. The van der Waals surface area contributed by atoms with E-state index in [4.69, 9.17) is 0 Å². The normalized spacial score (nSPS) is 32.7. The highest BCUT2D eigenvalue weighted by Crippen LogP contribution is 2.51. The van der Waals surface area contributed by atoms with Crippen LogP contribution in [0.4, 0.5) is 8.78 Å². The van der Waals surface area contributed by atoms with E-state index in [0.717, 1.165) is 10.5 Å². The third-order valence-electron chi connectivity index (χ3n) is 4.21. The minimum absolute atomic E-state index is 0.00411. The molecule has 102 valence electrons. The molecule has 0 aliphatic carbocycles. The predicted octanol–water partition coefficient (Wildman–Crippen LogP) is 1.81. The summed E-state index contributed by atoms with van der Waals surface area (Å²) in [5, 5.41) is 10.1. The standard InChI is InChI=1S/C14H15F2NO2/c15-14(16)11(8-10-4-2-1-3-5-10)9-17-12(18)6-7-13(14,17)19/h1-5,11,19H,6-9H2/t11-,13+/m1/s1. The van der Waals surface area contributed by atoms with Crippen LogP contribution in [-0.4, -0.2) is 34.1 Å². The van der Waals surface area contributed by atoms with Crippen LogP contribution in [0, 0.1) is 5.92 Å². The minimum Gasteiger partial charge on any atom is -0.366 e. The van der Waals surface area contributed by atoms with Crippen molar-refractivity contribution in [3.05, 3.63) is 35.9 Å². The zero-order valence-corrected chi connectivity index (χ0v) is 10.4. The Morgan fingerprint density at radius 3 is 2.63 bits per heavy atom. The van der Waals surface area contributed by atoms with Gasteiger partial charge in [-0.1, -0.05) is 30.3 Å². The molecule has 2 aliphatic rings. The number of carbonyl (C=O) groups excluding carboxylic acids is 1. The molecule has 1 N–H and O–H groups in total. The van der Waals surface area contributed by atoms with Gasteiger partial charge in [-0.2, -0.15) is 0 Å². The molecule has 0 bridgehead atoms. The number of alkyl halides is 2. The molecule has 19 heavy (non-hydrogen) atoms. The van der Waals surface area contributed by atoms with Gasteiger partial charge < -0.3 is 10.0 Å². The molecule has 1 amide bonds. The van der Waals surface area contributed by atoms with E-state index in [1.165, 1.54) is 0 Å². The predicted molar refractivity (Wildman–Crippen MR) is 64.5 cm³/mol. The quantitative estimate of drug-likeness (QED) is 0.887. The highest BCUT2D eigenvalue weighted by atomic mass is 19.3. The second-order valence-corrected chi connectivity index (χ2v) is 5.33. The molecule has 0 unspecified atom stereocenters. The summed E-state index contributed by atoms with van der Waals surface area (Å²) < 4.78 is 28.7. The number of benzene rings is 1. The van der Waals surface area contributed by atoms with E-state index in [1.54, 1.807) is 24.3 Å². The fourth-order valence-corrected chi connectivity index (χ4v) is 3.11. The van der Waals surface area contributed by atoms with Gasteiger partial charge in [0.15, 0.2) is 0 Å².